The van der Waals surface area contributed by atoms with Crippen molar-refractivity contribution in [2.24, 2.45) is 0 Å². The van der Waals surface area contributed by atoms with Crippen molar-refractivity contribution in [2.75, 3.05) is 11.9 Å². The molecule has 0 spiro atoms. The van der Waals surface area contributed by atoms with Gasteiger partial charge in [-0.25, -0.2) is 4.68 Å². The summed E-state index contributed by atoms with van der Waals surface area (Å²) in [6, 6.07) is 0. The maximum absolute atomic E-state index is 11.9. The van der Waals surface area contributed by atoms with E-state index in [0.717, 1.165) is 24.5 Å². The fourth-order valence-corrected chi connectivity index (χ4v) is 2.83. The fraction of sp³-hybridized carbons (Fsp3) is 0.545. The Morgan fingerprint density at radius 3 is 3.14 bits per heavy atom. The predicted octanol–water partition coefficient (Wildman–Crippen LogP) is 0.112. The lowest BCUT2D eigenvalue weighted by atomic mass is 10.2. The third kappa shape index (κ3) is 3.40. The summed E-state index contributed by atoms with van der Waals surface area (Å²) in [6.45, 7) is 0.538. The summed E-state index contributed by atoms with van der Waals surface area (Å²) in [5.74, 6) is -0.278. The maximum atomic E-state index is 11.9. The Balaban J connectivity index is 1.57. The quantitative estimate of drug-likeness (QED) is 0.805. The molecule has 2 aromatic heterocycles. The molecule has 1 unspecified atom stereocenters. The number of hydrogen-bond donors (Lipinski definition) is 2. The van der Waals surface area contributed by atoms with E-state index >= 15 is 0 Å². The van der Waals surface area contributed by atoms with Crippen molar-refractivity contribution < 1.29 is 14.6 Å². The normalized spacial score (nSPS) is 18.0. The molecule has 0 bridgehead atoms. The Labute approximate surface area is 123 Å². The van der Waals surface area contributed by atoms with Gasteiger partial charge < -0.3 is 9.84 Å². The minimum atomic E-state index is -0.278. The van der Waals surface area contributed by atoms with E-state index in [-0.39, 0.29) is 25.2 Å². The summed E-state index contributed by atoms with van der Waals surface area (Å²) in [4.78, 5) is 11.9. The number of nitrogens with one attached hydrogen (secondary N) is 1. The Morgan fingerprint density at radius 2 is 2.43 bits per heavy atom. The van der Waals surface area contributed by atoms with Gasteiger partial charge in [0.1, 0.15) is 23.4 Å². The third-order valence-corrected chi connectivity index (χ3v) is 3.88. The molecule has 9 nitrogen and oxygen atoms in total. The van der Waals surface area contributed by atoms with E-state index in [9.17, 15) is 4.79 Å². The molecule has 2 aromatic rings. The van der Waals surface area contributed by atoms with Crippen molar-refractivity contribution in [2.45, 2.75) is 32.1 Å². The van der Waals surface area contributed by atoms with Gasteiger partial charge in [0, 0.05) is 6.61 Å². The van der Waals surface area contributed by atoms with Crippen LogP contribution < -0.4 is 5.32 Å². The van der Waals surface area contributed by atoms with Crippen molar-refractivity contribution in [3.63, 3.8) is 0 Å². The van der Waals surface area contributed by atoms with Crippen LogP contribution in [0.25, 0.3) is 0 Å². The van der Waals surface area contributed by atoms with E-state index in [1.807, 2.05) is 0 Å². The summed E-state index contributed by atoms with van der Waals surface area (Å²) in [5, 5.41) is 28.2. The minimum Gasteiger partial charge on any atom is -0.390 e. The molecule has 2 N–H and O–H groups in total. The average molecular weight is 310 g/mol. The lowest BCUT2D eigenvalue weighted by molar-refractivity contribution is -0.116. The zero-order chi connectivity index (χ0) is 14.7. The summed E-state index contributed by atoms with van der Waals surface area (Å²) in [5.41, 5.74) is 0.416. The Morgan fingerprint density at radius 1 is 1.52 bits per heavy atom. The number of nitrogens with zero attached hydrogens (tertiary/aromatic N) is 5. The molecule has 3 rings (SSSR count). The molecular weight excluding hydrogens is 296 g/mol. The number of hydrogen-bond acceptors (Lipinski definition) is 8. The second kappa shape index (κ2) is 6.24. The lowest BCUT2D eigenvalue weighted by Gasteiger charge is -2.02. The second-order valence-electron chi connectivity index (χ2n) is 4.56. The third-order valence-electron chi connectivity index (χ3n) is 2.95. The highest BCUT2D eigenvalue weighted by atomic mass is 32.1. The van der Waals surface area contributed by atoms with Crippen molar-refractivity contribution in [1.29, 1.82) is 0 Å². The molecule has 112 valence electrons. The van der Waals surface area contributed by atoms with E-state index < -0.39 is 0 Å². The highest BCUT2D eigenvalue weighted by molar-refractivity contribution is 7.15. The first-order valence-corrected chi connectivity index (χ1v) is 7.31. The first-order valence-electron chi connectivity index (χ1n) is 6.49. The number of aromatic nitrogens is 5. The number of rotatable bonds is 5. The van der Waals surface area contributed by atoms with Gasteiger partial charge in [-0.05, 0) is 12.8 Å². The first-order chi connectivity index (χ1) is 10.2. The monoisotopic (exact) mass is 310 g/mol. The van der Waals surface area contributed by atoms with Crippen LogP contribution in [-0.2, 0) is 22.7 Å². The molecule has 0 aliphatic carbocycles. The largest absolute Gasteiger partial charge is 0.390 e. The standard InChI is InChI=1S/C11H14N6O3S/c18-6-7-4-17(16-13-7)5-9(19)12-11-15-14-10(21-11)8-2-1-3-20-8/h4,8,18H,1-3,5-6H2,(H,12,15,19). The molecular formula is C11H14N6O3S. The van der Waals surface area contributed by atoms with Gasteiger partial charge >= 0.3 is 0 Å². The topological polar surface area (TPSA) is 115 Å². The van der Waals surface area contributed by atoms with Gasteiger partial charge in [0.05, 0.1) is 12.8 Å². The van der Waals surface area contributed by atoms with Gasteiger partial charge in [-0.3, -0.25) is 10.1 Å². The number of ether oxygens (including phenoxy) is 1. The van der Waals surface area contributed by atoms with Gasteiger partial charge in [0.15, 0.2) is 0 Å². The van der Waals surface area contributed by atoms with Crippen molar-refractivity contribution >= 4 is 22.4 Å². The first kappa shape index (κ1) is 14.0. The molecule has 3 heterocycles. The van der Waals surface area contributed by atoms with Gasteiger partial charge in [0.2, 0.25) is 11.0 Å². The average Bonchev–Trinajstić information content (AvgIpc) is 3.19. The molecule has 1 aliphatic rings. The molecule has 1 aliphatic heterocycles. The van der Waals surface area contributed by atoms with E-state index in [1.165, 1.54) is 22.2 Å². The van der Waals surface area contributed by atoms with Crippen LogP contribution in [0.15, 0.2) is 6.20 Å². The van der Waals surface area contributed by atoms with E-state index in [0.29, 0.717) is 10.8 Å². The van der Waals surface area contributed by atoms with Gasteiger partial charge in [-0.2, -0.15) is 0 Å². The number of amides is 1. The molecule has 1 amide bonds. The molecule has 0 aromatic carbocycles. The van der Waals surface area contributed by atoms with Crippen LogP contribution in [0.5, 0.6) is 0 Å². The van der Waals surface area contributed by atoms with Gasteiger partial charge in [-0.15, -0.1) is 15.3 Å². The Bertz CT molecular complexity index is 621. The highest BCUT2D eigenvalue weighted by Crippen LogP contribution is 2.31. The van der Waals surface area contributed by atoms with Crippen LogP contribution in [0.1, 0.15) is 29.6 Å². The zero-order valence-corrected chi connectivity index (χ0v) is 11.9. The molecule has 1 fully saturated rings. The van der Waals surface area contributed by atoms with Crippen molar-refractivity contribution in [3.8, 4) is 0 Å². The summed E-state index contributed by atoms with van der Waals surface area (Å²) in [6.07, 6.45) is 3.46. The van der Waals surface area contributed by atoms with E-state index in [1.54, 1.807) is 0 Å². The predicted molar refractivity (Wildman–Crippen MR) is 72.4 cm³/mol. The minimum absolute atomic E-state index is 0.00183. The van der Waals surface area contributed by atoms with Crippen LogP contribution in [0, 0.1) is 0 Å². The zero-order valence-electron chi connectivity index (χ0n) is 11.1. The number of aliphatic hydroxyl groups is 1. The SMILES string of the molecule is O=C(Cn1cc(CO)nn1)Nc1nnc(C2CCCO2)s1. The lowest BCUT2D eigenvalue weighted by Crippen LogP contribution is -2.19. The molecule has 1 atom stereocenters. The Kier molecular flexibility index (Phi) is 4.18. The van der Waals surface area contributed by atoms with Crippen molar-refractivity contribution in [1.82, 2.24) is 25.2 Å². The summed E-state index contributed by atoms with van der Waals surface area (Å²) >= 11 is 1.31. The number of carbonyl (C=O) groups excluding carboxylic acids is 1. The number of anilines is 1. The van der Waals surface area contributed by atoms with Crippen LogP contribution >= 0.6 is 11.3 Å². The van der Waals surface area contributed by atoms with Crippen LogP contribution in [-0.4, -0.2) is 42.8 Å². The van der Waals surface area contributed by atoms with Crippen LogP contribution in [0.2, 0.25) is 0 Å². The van der Waals surface area contributed by atoms with E-state index in [4.69, 9.17) is 9.84 Å². The molecule has 1 saturated heterocycles. The maximum Gasteiger partial charge on any atom is 0.247 e. The number of carbonyl (C=O) groups is 1. The number of aliphatic hydroxyl groups excluding tert-OH is 1. The second-order valence-corrected chi connectivity index (χ2v) is 5.57. The van der Waals surface area contributed by atoms with Gasteiger partial charge in [-0.1, -0.05) is 16.6 Å². The summed E-state index contributed by atoms with van der Waals surface area (Å²) in [7, 11) is 0. The van der Waals surface area contributed by atoms with Crippen molar-refractivity contribution in [3.05, 3.63) is 16.9 Å². The van der Waals surface area contributed by atoms with Crippen LogP contribution in [0.4, 0.5) is 5.13 Å². The highest BCUT2D eigenvalue weighted by Gasteiger charge is 2.22. The molecule has 0 saturated carbocycles. The Hall–Kier alpha value is -1.91. The molecule has 0 radical (unpaired) electrons. The van der Waals surface area contributed by atoms with E-state index in [2.05, 4.69) is 25.8 Å². The van der Waals surface area contributed by atoms with Gasteiger partial charge in [0.25, 0.3) is 0 Å². The fourth-order valence-electron chi connectivity index (χ4n) is 1.98. The smallest absolute Gasteiger partial charge is 0.247 e. The van der Waals surface area contributed by atoms with Crippen LogP contribution in [0.3, 0.4) is 0 Å². The summed E-state index contributed by atoms with van der Waals surface area (Å²) < 4.78 is 6.87. The molecule has 21 heavy (non-hydrogen) atoms. The molecule has 10 heteroatoms.